The number of nitrogens with zero attached hydrogens (tertiary/aromatic N) is 2. The normalized spacial score (nSPS) is 13.7. The van der Waals surface area contributed by atoms with E-state index in [-0.39, 0.29) is 0 Å². The maximum atomic E-state index is 4.39. The zero-order valence-electron chi connectivity index (χ0n) is 16.9. The molecule has 0 amide bonds. The SMILES string of the molecule is CCCCC(CC)CN(CC(CC)CCCC)c1ccnc(C)c1. The number of hydrogen-bond donors (Lipinski definition) is 0. The van der Waals surface area contributed by atoms with Gasteiger partial charge in [0.1, 0.15) is 0 Å². The molecule has 1 rings (SSSR count). The third kappa shape index (κ3) is 7.68. The topological polar surface area (TPSA) is 16.1 Å². The van der Waals surface area contributed by atoms with Crippen molar-refractivity contribution in [2.45, 2.75) is 86.0 Å². The van der Waals surface area contributed by atoms with Gasteiger partial charge in [0.15, 0.2) is 0 Å². The standard InChI is InChI=1S/C22H40N2/c1-6-10-12-20(8-3)17-24(18-21(9-4)13-11-7-2)22-14-15-23-19(5)16-22/h14-16,20-21H,6-13,17-18H2,1-5H3. The predicted octanol–water partition coefficient (Wildman–Crippen LogP) is 6.63. The van der Waals surface area contributed by atoms with E-state index < -0.39 is 0 Å². The van der Waals surface area contributed by atoms with E-state index in [2.05, 4.69) is 56.6 Å². The van der Waals surface area contributed by atoms with E-state index in [4.69, 9.17) is 0 Å². The Kier molecular flexibility index (Phi) is 10.8. The van der Waals surface area contributed by atoms with E-state index in [0.717, 1.165) is 17.5 Å². The Morgan fingerprint density at radius 3 is 1.88 bits per heavy atom. The maximum absolute atomic E-state index is 4.39. The van der Waals surface area contributed by atoms with Crippen molar-refractivity contribution in [3.63, 3.8) is 0 Å². The second-order valence-electron chi connectivity index (χ2n) is 7.39. The molecule has 0 saturated carbocycles. The molecule has 24 heavy (non-hydrogen) atoms. The van der Waals surface area contributed by atoms with Crippen LogP contribution in [0.25, 0.3) is 0 Å². The number of rotatable bonds is 13. The van der Waals surface area contributed by atoms with E-state index in [1.807, 2.05) is 6.20 Å². The first-order chi connectivity index (χ1) is 11.6. The molecule has 2 nitrogen and oxygen atoms in total. The van der Waals surface area contributed by atoms with Crippen LogP contribution in [0.3, 0.4) is 0 Å². The molecule has 0 N–H and O–H groups in total. The van der Waals surface area contributed by atoms with E-state index in [1.165, 1.54) is 70.1 Å². The lowest BCUT2D eigenvalue weighted by Crippen LogP contribution is -2.34. The quantitative estimate of drug-likeness (QED) is 0.403. The largest absolute Gasteiger partial charge is 0.371 e. The number of aryl methyl sites for hydroxylation is 1. The molecule has 0 radical (unpaired) electrons. The molecule has 0 aliphatic rings. The molecule has 2 atom stereocenters. The number of hydrogen-bond acceptors (Lipinski definition) is 2. The van der Waals surface area contributed by atoms with Crippen molar-refractivity contribution in [3.05, 3.63) is 24.0 Å². The average Bonchev–Trinajstić information content (AvgIpc) is 2.60. The lowest BCUT2D eigenvalue weighted by Gasteiger charge is -2.32. The van der Waals surface area contributed by atoms with Crippen LogP contribution in [-0.2, 0) is 0 Å². The fourth-order valence-electron chi connectivity index (χ4n) is 3.47. The molecule has 0 fully saturated rings. The molecule has 1 aromatic rings. The molecule has 0 bridgehead atoms. The highest BCUT2D eigenvalue weighted by molar-refractivity contribution is 5.46. The molecule has 0 saturated heterocycles. The third-order valence-corrected chi connectivity index (χ3v) is 5.29. The zero-order chi connectivity index (χ0) is 17.8. The summed E-state index contributed by atoms with van der Waals surface area (Å²) in [4.78, 5) is 7.05. The molecule has 0 aliphatic heterocycles. The van der Waals surface area contributed by atoms with Crippen molar-refractivity contribution in [2.24, 2.45) is 11.8 Å². The van der Waals surface area contributed by atoms with Crippen molar-refractivity contribution in [2.75, 3.05) is 18.0 Å². The molecule has 0 aliphatic carbocycles. The lowest BCUT2D eigenvalue weighted by molar-refractivity contribution is 0.403. The minimum Gasteiger partial charge on any atom is -0.371 e. The zero-order valence-corrected chi connectivity index (χ0v) is 16.9. The number of aromatic nitrogens is 1. The van der Waals surface area contributed by atoms with Gasteiger partial charge in [-0.05, 0) is 43.7 Å². The molecule has 0 aromatic carbocycles. The van der Waals surface area contributed by atoms with Crippen LogP contribution < -0.4 is 4.90 Å². The summed E-state index contributed by atoms with van der Waals surface area (Å²) in [7, 11) is 0. The summed E-state index contributed by atoms with van der Waals surface area (Å²) in [6.45, 7) is 13.8. The first-order valence-corrected chi connectivity index (χ1v) is 10.3. The highest BCUT2D eigenvalue weighted by Gasteiger charge is 2.17. The van der Waals surface area contributed by atoms with Gasteiger partial charge in [0.25, 0.3) is 0 Å². The van der Waals surface area contributed by atoms with Gasteiger partial charge in [-0.15, -0.1) is 0 Å². The summed E-state index contributed by atoms with van der Waals surface area (Å²) in [6, 6.07) is 4.46. The molecule has 138 valence electrons. The summed E-state index contributed by atoms with van der Waals surface area (Å²) in [5.41, 5.74) is 2.49. The Bertz CT molecular complexity index is 412. The van der Waals surface area contributed by atoms with Gasteiger partial charge in [-0.1, -0.05) is 66.2 Å². The molecular formula is C22H40N2. The Labute approximate surface area is 151 Å². The summed E-state index contributed by atoms with van der Waals surface area (Å²) in [5.74, 6) is 1.62. The van der Waals surface area contributed by atoms with Crippen molar-refractivity contribution in [1.29, 1.82) is 0 Å². The summed E-state index contributed by atoms with van der Waals surface area (Å²) < 4.78 is 0. The molecule has 1 aromatic heterocycles. The van der Waals surface area contributed by atoms with Gasteiger partial charge in [-0.25, -0.2) is 0 Å². The van der Waals surface area contributed by atoms with Gasteiger partial charge in [-0.3, -0.25) is 4.98 Å². The fourth-order valence-corrected chi connectivity index (χ4v) is 3.47. The summed E-state index contributed by atoms with van der Waals surface area (Å²) in [5, 5.41) is 0. The van der Waals surface area contributed by atoms with Gasteiger partial charge < -0.3 is 4.90 Å². The van der Waals surface area contributed by atoms with Gasteiger partial charge >= 0.3 is 0 Å². The first-order valence-electron chi connectivity index (χ1n) is 10.3. The fraction of sp³-hybridized carbons (Fsp3) is 0.773. The Hall–Kier alpha value is -1.05. The lowest BCUT2D eigenvalue weighted by atomic mass is 9.95. The van der Waals surface area contributed by atoms with E-state index >= 15 is 0 Å². The van der Waals surface area contributed by atoms with Crippen LogP contribution in [0, 0.1) is 18.8 Å². The predicted molar refractivity (Wildman–Crippen MR) is 108 cm³/mol. The number of pyridine rings is 1. The number of anilines is 1. The highest BCUT2D eigenvalue weighted by Crippen LogP contribution is 2.24. The summed E-state index contributed by atoms with van der Waals surface area (Å²) in [6.07, 6.45) is 12.6. The number of unbranched alkanes of at least 4 members (excludes halogenated alkanes) is 2. The van der Waals surface area contributed by atoms with Crippen LogP contribution >= 0.6 is 0 Å². The van der Waals surface area contributed by atoms with Gasteiger partial charge in [0, 0.05) is 30.7 Å². The Balaban J connectivity index is 2.85. The van der Waals surface area contributed by atoms with Crippen LogP contribution in [0.2, 0.25) is 0 Å². The van der Waals surface area contributed by atoms with Gasteiger partial charge in [0.05, 0.1) is 0 Å². The van der Waals surface area contributed by atoms with Crippen molar-refractivity contribution < 1.29 is 0 Å². The maximum Gasteiger partial charge on any atom is 0.0399 e. The van der Waals surface area contributed by atoms with Crippen LogP contribution in [0.5, 0.6) is 0 Å². The van der Waals surface area contributed by atoms with Crippen LogP contribution in [0.15, 0.2) is 18.3 Å². The van der Waals surface area contributed by atoms with Crippen LogP contribution in [0.4, 0.5) is 5.69 Å². The minimum absolute atomic E-state index is 0.808. The van der Waals surface area contributed by atoms with Crippen molar-refractivity contribution >= 4 is 5.69 Å². The second-order valence-corrected chi connectivity index (χ2v) is 7.39. The minimum atomic E-state index is 0.808. The van der Waals surface area contributed by atoms with Gasteiger partial charge in [-0.2, -0.15) is 0 Å². The van der Waals surface area contributed by atoms with Crippen LogP contribution in [0.1, 0.15) is 84.8 Å². The second kappa shape index (κ2) is 12.3. The molecule has 2 heteroatoms. The van der Waals surface area contributed by atoms with E-state index in [0.29, 0.717) is 0 Å². The molecule has 2 unspecified atom stereocenters. The Morgan fingerprint density at radius 1 is 0.917 bits per heavy atom. The van der Waals surface area contributed by atoms with E-state index in [9.17, 15) is 0 Å². The smallest absolute Gasteiger partial charge is 0.0399 e. The Morgan fingerprint density at radius 2 is 1.46 bits per heavy atom. The monoisotopic (exact) mass is 332 g/mol. The highest BCUT2D eigenvalue weighted by atomic mass is 15.1. The van der Waals surface area contributed by atoms with Gasteiger partial charge in [0.2, 0.25) is 0 Å². The third-order valence-electron chi connectivity index (χ3n) is 5.29. The molecular weight excluding hydrogens is 292 g/mol. The molecule has 1 heterocycles. The molecule has 0 spiro atoms. The van der Waals surface area contributed by atoms with E-state index in [1.54, 1.807) is 0 Å². The summed E-state index contributed by atoms with van der Waals surface area (Å²) >= 11 is 0. The van der Waals surface area contributed by atoms with Crippen LogP contribution in [-0.4, -0.2) is 18.1 Å². The van der Waals surface area contributed by atoms with Crippen molar-refractivity contribution in [3.8, 4) is 0 Å². The first kappa shape index (κ1) is 21.0. The van der Waals surface area contributed by atoms with Crippen molar-refractivity contribution in [1.82, 2.24) is 4.98 Å². The average molecular weight is 333 g/mol.